The second-order valence-corrected chi connectivity index (χ2v) is 17.0. The summed E-state index contributed by atoms with van der Waals surface area (Å²) in [7, 11) is 0. The quantitative estimate of drug-likeness (QED) is 0.119. The fourth-order valence-electron chi connectivity index (χ4n) is 9.02. The summed E-state index contributed by atoms with van der Waals surface area (Å²) in [5, 5.41) is 4.91. The van der Waals surface area contributed by atoms with Gasteiger partial charge in [0, 0.05) is 0 Å². The molecule has 2 aliphatic carbocycles. The van der Waals surface area contributed by atoms with Crippen molar-refractivity contribution in [1.82, 2.24) is 0 Å². The average molecular weight is 703 g/mol. The molecule has 2 fully saturated rings. The number of hydrogen-bond acceptors (Lipinski definition) is 3. The largest absolute Gasteiger partial charge is 0.490 e. The third kappa shape index (κ3) is 8.41. The van der Waals surface area contributed by atoms with Crippen LogP contribution in [0.2, 0.25) is 0 Å². The van der Waals surface area contributed by atoms with Gasteiger partial charge in [-0.1, -0.05) is 80.6 Å². The maximum Gasteiger partial charge on any atom is 0.128 e. The molecule has 0 radical (unpaired) electrons. The van der Waals surface area contributed by atoms with Crippen LogP contribution in [0.25, 0.3) is 21.5 Å². The predicted octanol–water partition coefficient (Wildman–Crippen LogP) is 14.0. The van der Waals surface area contributed by atoms with Crippen LogP contribution in [0.1, 0.15) is 108 Å². The lowest BCUT2D eigenvalue weighted by molar-refractivity contribution is 0.131. The molecule has 2 saturated carbocycles. The summed E-state index contributed by atoms with van der Waals surface area (Å²) in [6, 6.07) is 46.0. The third-order valence-electron chi connectivity index (χ3n) is 11.8. The van der Waals surface area contributed by atoms with Crippen LogP contribution in [0.3, 0.4) is 0 Å². The van der Waals surface area contributed by atoms with E-state index in [9.17, 15) is 0 Å². The van der Waals surface area contributed by atoms with Crippen molar-refractivity contribution in [3.05, 3.63) is 144 Å². The fourth-order valence-corrected chi connectivity index (χ4v) is 9.02. The van der Waals surface area contributed by atoms with Gasteiger partial charge in [0.05, 0.1) is 0 Å². The number of rotatable bonds is 12. The van der Waals surface area contributed by atoms with Crippen LogP contribution >= 0.6 is 0 Å². The van der Waals surface area contributed by atoms with Crippen LogP contribution in [-0.2, 0) is 0 Å². The van der Waals surface area contributed by atoms with Crippen LogP contribution in [0, 0.1) is 11.8 Å². The second-order valence-electron chi connectivity index (χ2n) is 17.0. The fraction of sp³-hybridized carbons (Fsp3) is 0.360. The summed E-state index contributed by atoms with van der Waals surface area (Å²) in [4.78, 5) is 0. The van der Waals surface area contributed by atoms with Crippen molar-refractivity contribution in [2.75, 3.05) is 0 Å². The Morgan fingerprint density at radius 1 is 0.547 bits per heavy atom. The summed E-state index contributed by atoms with van der Waals surface area (Å²) in [6.45, 7) is 11.0. The van der Waals surface area contributed by atoms with E-state index in [-0.39, 0.29) is 5.60 Å². The molecule has 0 aromatic heterocycles. The van der Waals surface area contributed by atoms with Crippen molar-refractivity contribution < 1.29 is 14.2 Å². The second kappa shape index (κ2) is 14.9. The number of fused-ring (bicyclic) bond motifs is 4. The maximum atomic E-state index is 6.56. The van der Waals surface area contributed by atoms with Crippen LogP contribution in [0.5, 0.6) is 23.0 Å². The van der Waals surface area contributed by atoms with E-state index < -0.39 is 0 Å². The van der Waals surface area contributed by atoms with Gasteiger partial charge in [-0.3, -0.25) is 0 Å². The SMILES string of the molecule is CC(CC(CC(C)c1ccc(OC(C)(C)C)cc1)c1ccc(OC2CC3CCC2C3)cc1)c1ccc(Oc2ccc3cc4ccccc4cc3c2)cc1. The van der Waals surface area contributed by atoms with Crippen LogP contribution in [-0.4, -0.2) is 11.7 Å². The summed E-state index contributed by atoms with van der Waals surface area (Å²) in [5.41, 5.74) is 3.86. The molecule has 0 amide bonds. The zero-order valence-electron chi connectivity index (χ0n) is 32.1. The van der Waals surface area contributed by atoms with Crippen molar-refractivity contribution >= 4 is 21.5 Å². The minimum atomic E-state index is -0.210. The van der Waals surface area contributed by atoms with E-state index >= 15 is 0 Å². The highest BCUT2D eigenvalue weighted by atomic mass is 16.5. The Kier molecular flexibility index (Phi) is 9.94. The van der Waals surface area contributed by atoms with Crippen molar-refractivity contribution in [1.29, 1.82) is 0 Å². The third-order valence-corrected chi connectivity index (χ3v) is 11.8. The summed E-state index contributed by atoms with van der Waals surface area (Å²) >= 11 is 0. The molecule has 0 spiro atoms. The topological polar surface area (TPSA) is 27.7 Å². The molecule has 6 unspecified atom stereocenters. The molecule has 3 heteroatoms. The molecule has 2 bridgehead atoms. The lowest BCUT2D eigenvalue weighted by Gasteiger charge is -2.27. The number of ether oxygens (including phenoxy) is 3. The molecule has 2 aliphatic rings. The molecule has 3 nitrogen and oxygen atoms in total. The molecular weight excluding hydrogens is 649 g/mol. The van der Waals surface area contributed by atoms with E-state index in [0.717, 1.165) is 47.7 Å². The first-order valence-corrected chi connectivity index (χ1v) is 19.9. The highest BCUT2D eigenvalue weighted by Crippen LogP contribution is 2.46. The Hall–Kier alpha value is -4.76. The summed E-state index contributed by atoms with van der Waals surface area (Å²) in [5.74, 6) is 6.46. The molecule has 0 N–H and O–H groups in total. The van der Waals surface area contributed by atoms with E-state index in [1.807, 2.05) is 0 Å². The Balaban J connectivity index is 0.968. The van der Waals surface area contributed by atoms with Gasteiger partial charge in [0.2, 0.25) is 0 Å². The molecular formula is C50H54O3. The van der Waals surface area contributed by atoms with Gasteiger partial charge in [0.1, 0.15) is 34.7 Å². The van der Waals surface area contributed by atoms with Gasteiger partial charge in [-0.25, -0.2) is 0 Å². The first-order chi connectivity index (χ1) is 25.6. The Bertz CT molecular complexity index is 2140. The highest BCUT2D eigenvalue weighted by molar-refractivity contribution is 5.98. The zero-order chi connectivity index (χ0) is 36.5. The molecule has 0 saturated heterocycles. The molecule has 53 heavy (non-hydrogen) atoms. The Labute approximate surface area is 316 Å². The summed E-state index contributed by atoms with van der Waals surface area (Å²) < 4.78 is 19.0. The average Bonchev–Trinajstić information content (AvgIpc) is 3.78. The smallest absolute Gasteiger partial charge is 0.128 e. The van der Waals surface area contributed by atoms with E-state index in [2.05, 4.69) is 162 Å². The van der Waals surface area contributed by atoms with Gasteiger partial charge >= 0.3 is 0 Å². The van der Waals surface area contributed by atoms with Crippen LogP contribution in [0.4, 0.5) is 0 Å². The van der Waals surface area contributed by atoms with Crippen molar-refractivity contribution in [2.24, 2.45) is 11.8 Å². The molecule has 272 valence electrons. The molecule has 6 aromatic rings. The normalized spacial score (nSPS) is 20.0. The monoisotopic (exact) mass is 702 g/mol. The van der Waals surface area contributed by atoms with Gasteiger partial charge < -0.3 is 14.2 Å². The molecule has 6 atom stereocenters. The predicted molar refractivity (Wildman–Crippen MR) is 220 cm³/mol. The first-order valence-electron chi connectivity index (χ1n) is 19.9. The molecule has 6 aromatic carbocycles. The lowest BCUT2D eigenvalue weighted by Crippen LogP contribution is -2.23. The minimum absolute atomic E-state index is 0.210. The van der Waals surface area contributed by atoms with E-state index in [1.165, 1.54) is 63.9 Å². The van der Waals surface area contributed by atoms with Crippen molar-refractivity contribution in [2.45, 2.75) is 103 Å². The number of hydrogen-bond donors (Lipinski definition) is 0. The molecule has 0 heterocycles. The van der Waals surface area contributed by atoms with Gasteiger partial charge in [-0.15, -0.1) is 0 Å². The van der Waals surface area contributed by atoms with Gasteiger partial charge in [0.15, 0.2) is 0 Å². The number of benzene rings is 6. The maximum absolute atomic E-state index is 6.56. The van der Waals surface area contributed by atoms with Gasteiger partial charge in [0.25, 0.3) is 0 Å². The van der Waals surface area contributed by atoms with Gasteiger partial charge in [-0.2, -0.15) is 0 Å². The molecule has 0 aliphatic heterocycles. The lowest BCUT2D eigenvalue weighted by atomic mass is 9.79. The van der Waals surface area contributed by atoms with E-state index in [0.29, 0.717) is 23.9 Å². The first kappa shape index (κ1) is 35.3. The Morgan fingerprint density at radius 3 is 1.68 bits per heavy atom. The Morgan fingerprint density at radius 2 is 1.09 bits per heavy atom. The summed E-state index contributed by atoms with van der Waals surface area (Å²) in [6.07, 6.45) is 7.84. The van der Waals surface area contributed by atoms with Crippen LogP contribution < -0.4 is 14.2 Å². The standard InChI is InChI=1S/C50H54O3/c1-33(36-12-19-45(20-13-36)51-48-25-18-41-30-39-8-6-7-9-40(39)31-44(41)32-48)26-43(27-34(2)37-14-23-47(24-15-37)53-50(3,4)5)38-16-21-46(22-17-38)52-49-29-35-10-11-42(49)28-35/h6-9,12-25,30-35,42-43,49H,10-11,26-29H2,1-5H3. The minimum Gasteiger partial charge on any atom is -0.490 e. The van der Waals surface area contributed by atoms with Crippen molar-refractivity contribution in [3.63, 3.8) is 0 Å². The molecule has 8 rings (SSSR count). The zero-order valence-corrected chi connectivity index (χ0v) is 32.1. The van der Waals surface area contributed by atoms with E-state index in [4.69, 9.17) is 14.2 Å². The van der Waals surface area contributed by atoms with E-state index in [1.54, 1.807) is 0 Å². The van der Waals surface area contributed by atoms with Crippen molar-refractivity contribution in [3.8, 4) is 23.0 Å². The highest BCUT2D eigenvalue weighted by Gasteiger charge is 2.41. The van der Waals surface area contributed by atoms with Crippen LogP contribution in [0.15, 0.2) is 127 Å². The van der Waals surface area contributed by atoms with Gasteiger partial charge in [-0.05, 0) is 188 Å².